The predicted octanol–water partition coefficient (Wildman–Crippen LogP) is 1.86. The second-order valence-electron chi connectivity index (χ2n) is 4.59. The summed E-state index contributed by atoms with van der Waals surface area (Å²) in [6, 6.07) is 3.92. The van der Waals surface area contributed by atoms with Gasteiger partial charge in [-0.2, -0.15) is 0 Å². The molecule has 1 amide bonds. The van der Waals surface area contributed by atoms with E-state index in [4.69, 9.17) is 4.74 Å². The molecular formula is C14H20N2O2. The number of pyridine rings is 1. The van der Waals surface area contributed by atoms with Crippen molar-refractivity contribution in [3.63, 3.8) is 0 Å². The molecule has 0 aliphatic carbocycles. The molecule has 1 aliphatic heterocycles. The van der Waals surface area contributed by atoms with Crippen LogP contribution in [0.15, 0.2) is 24.5 Å². The molecule has 1 saturated heterocycles. The first kappa shape index (κ1) is 13.0. The van der Waals surface area contributed by atoms with Crippen molar-refractivity contribution in [3.8, 4) is 0 Å². The number of nitrogens with zero attached hydrogens (tertiary/aromatic N) is 2. The standard InChI is InChI=1S/C14H20N2O2/c1-2-16(11-12-3-7-15-8-4-12)14(17)13-5-9-18-10-6-13/h3-4,7-8,13H,2,5-6,9-11H2,1H3. The topological polar surface area (TPSA) is 42.4 Å². The second-order valence-corrected chi connectivity index (χ2v) is 4.59. The Morgan fingerprint density at radius 2 is 2.06 bits per heavy atom. The third-order valence-corrected chi connectivity index (χ3v) is 3.39. The van der Waals surface area contributed by atoms with Crippen LogP contribution in [0, 0.1) is 5.92 Å². The second kappa shape index (κ2) is 6.50. The molecule has 1 aromatic rings. The van der Waals surface area contributed by atoms with Crippen molar-refractivity contribution in [1.29, 1.82) is 0 Å². The first-order valence-electron chi connectivity index (χ1n) is 6.56. The van der Waals surface area contributed by atoms with Crippen LogP contribution < -0.4 is 0 Å². The van der Waals surface area contributed by atoms with E-state index in [1.165, 1.54) is 0 Å². The summed E-state index contributed by atoms with van der Waals surface area (Å²) < 4.78 is 5.30. The highest BCUT2D eigenvalue weighted by molar-refractivity contribution is 5.78. The van der Waals surface area contributed by atoms with Crippen molar-refractivity contribution in [3.05, 3.63) is 30.1 Å². The Bertz CT molecular complexity index is 375. The van der Waals surface area contributed by atoms with Gasteiger partial charge in [0, 0.05) is 44.6 Å². The molecule has 2 heterocycles. The maximum absolute atomic E-state index is 12.4. The maximum atomic E-state index is 12.4. The number of aromatic nitrogens is 1. The summed E-state index contributed by atoms with van der Waals surface area (Å²) in [4.78, 5) is 18.3. The van der Waals surface area contributed by atoms with Crippen LogP contribution in [-0.4, -0.2) is 35.5 Å². The van der Waals surface area contributed by atoms with E-state index < -0.39 is 0 Å². The fourth-order valence-electron chi connectivity index (χ4n) is 2.26. The van der Waals surface area contributed by atoms with Crippen LogP contribution in [0.3, 0.4) is 0 Å². The Labute approximate surface area is 108 Å². The molecule has 0 saturated carbocycles. The van der Waals surface area contributed by atoms with Gasteiger partial charge in [0.1, 0.15) is 0 Å². The van der Waals surface area contributed by atoms with Gasteiger partial charge >= 0.3 is 0 Å². The minimum absolute atomic E-state index is 0.139. The number of rotatable bonds is 4. The fraction of sp³-hybridized carbons (Fsp3) is 0.571. The van der Waals surface area contributed by atoms with Crippen LogP contribution in [0.25, 0.3) is 0 Å². The van der Waals surface area contributed by atoms with Gasteiger partial charge in [-0.15, -0.1) is 0 Å². The molecule has 1 fully saturated rings. The highest BCUT2D eigenvalue weighted by Gasteiger charge is 2.25. The van der Waals surface area contributed by atoms with E-state index in [1.54, 1.807) is 12.4 Å². The largest absolute Gasteiger partial charge is 0.381 e. The summed E-state index contributed by atoms with van der Waals surface area (Å²) in [5.74, 6) is 0.401. The monoisotopic (exact) mass is 248 g/mol. The third-order valence-electron chi connectivity index (χ3n) is 3.39. The zero-order valence-corrected chi connectivity index (χ0v) is 10.8. The van der Waals surface area contributed by atoms with Crippen LogP contribution in [0.2, 0.25) is 0 Å². The molecule has 0 spiro atoms. The molecule has 98 valence electrons. The number of carbonyl (C=O) groups is 1. The van der Waals surface area contributed by atoms with E-state index in [-0.39, 0.29) is 11.8 Å². The molecule has 4 nitrogen and oxygen atoms in total. The predicted molar refractivity (Wildman–Crippen MR) is 68.9 cm³/mol. The lowest BCUT2D eigenvalue weighted by Gasteiger charge is -2.28. The van der Waals surface area contributed by atoms with Gasteiger partial charge in [0.25, 0.3) is 0 Å². The number of hydrogen-bond donors (Lipinski definition) is 0. The van der Waals surface area contributed by atoms with Gasteiger partial charge in [0.05, 0.1) is 0 Å². The molecular weight excluding hydrogens is 228 g/mol. The van der Waals surface area contributed by atoms with E-state index in [0.717, 1.165) is 24.9 Å². The van der Waals surface area contributed by atoms with Crippen molar-refractivity contribution < 1.29 is 9.53 Å². The Kier molecular flexibility index (Phi) is 4.70. The van der Waals surface area contributed by atoms with Crippen LogP contribution in [0.1, 0.15) is 25.3 Å². The SMILES string of the molecule is CCN(Cc1ccncc1)C(=O)C1CCOCC1. The summed E-state index contributed by atoms with van der Waals surface area (Å²) >= 11 is 0. The quantitative estimate of drug-likeness (QED) is 0.816. The molecule has 4 heteroatoms. The molecule has 0 bridgehead atoms. The average Bonchev–Trinajstić information content (AvgIpc) is 2.46. The zero-order chi connectivity index (χ0) is 12.8. The molecule has 0 unspecified atom stereocenters. The van der Waals surface area contributed by atoms with Crippen LogP contribution in [0.5, 0.6) is 0 Å². The normalized spacial score (nSPS) is 16.5. The van der Waals surface area contributed by atoms with Crippen molar-refractivity contribution >= 4 is 5.91 Å². The first-order chi connectivity index (χ1) is 8.81. The van der Waals surface area contributed by atoms with Crippen molar-refractivity contribution in [1.82, 2.24) is 9.88 Å². The molecule has 0 atom stereocenters. The Balaban J connectivity index is 1.97. The van der Waals surface area contributed by atoms with Gasteiger partial charge in [-0.25, -0.2) is 0 Å². The lowest BCUT2D eigenvalue weighted by Crippen LogP contribution is -2.38. The van der Waals surface area contributed by atoms with Gasteiger partial charge < -0.3 is 9.64 Å². The van der Waals surface area contributed by atoms with Gasteiger partial charge in [-0.1, -0.05) is 0 Å². The van der Waals surface area contributed by atoms with Gasteiger partial charge in [-0.05, 0) is 37.5 Å². The lowest BCUT2D eigenvalue weighted by atomic mass is 9.98. The highest BCUT2D eigenvalue weighted by atomic mass is 16.5. The average molecular weight is 248 g/mol. The van der Waals surface area contributed by atoms with E-state index in [1.807, 2.05) is 24.0 Å². The van der Waals surface area contributed by atoms with Crippen molar-refractivity contribution in [2.45, 2.75) is 26.3 Å². The van der Waals surface area contributed by atoms with E-state index >= 15 is 0 Å². The van der Waals surface area contributed by atoms with Crippen molar-refractivity contribution in [2.75, 3.05) is 19.8 Å². The van der Waals surface area contributed by atoms with Crippen LogP contribution >= 0.6 is 0 Å². The smallest absolute Gasteiger partial charge is 0.226 e. The number of carbonyl (C=O) groups excluding carboxylic acids is 1. The number of ether oxygens (including phenoxy) is 1. The summed E-state index contributed by atoms with van der Waals surface area (Å²) in [6.07, 6.45) is 5.24. The van der Waals surface area contributed by atoms with Crippen molar-refractivity contribution in [2.24, 2.45) is 5.92 Å². The zero-order valence-electron chi connectivity index (χ0n) is 10.8. The maximum Gasteiger partial charge on any atom is 0.226 e. The highest BCUT2D eigenvalue weighted by Crippen LogP contribution is 2.18. The van der Waals surface area contributed by atoms with Gasteiger partial charge in [0.15, 0.2) is 0 Å². The minimum Gasteiger partial charge on any atom is -0.381 e. The fourth-order valence-corrected chi connectivity index (χ4v) is 2.26. The Morgan fingerprint density at radius 3 is 2.67 bits per heavy atom. The summed E-state index contributed by atoms with van der Waals surface area (Å²) in [6.45, 7) is 4.87. The third kappa shape index (κ3) is 3.29. The molecule has 0 radical (unpaired) electrons. The minimum atomic E-state index is 0.139. The summed E-state index contributed by atoms with van der Waals surface area (Å²) in [5.41, 5.74) is 1.13. The molecule has 1 aromatic heterocycles. The van der Waals surface area contributed by atoms with E-state index in [9.17, 15) is 4.79 Å². The molecule has 0 N–H and O–H groups in total. The lowest BCUT2D eigenvalue weighted by molar-refractivity contribution is -0.138. The molecule has 0 aromatic carbocycles. The Morgan fingerprint density at radius 1 is 1.39 bits per heavy atom. The van der Waals surface area contributed by atoms with Gasteiger partial charge in [0.2, 0.25) is 5.91 Å². The Hall–Kier alpha value is -1.42. The molecule has 1 aliphatic rings. The van der Waals surface area contributed by atoms with Crippen LogP contribution in [0.4, 0.5) is 0 Å². The molecule has 2 rings (SSSR count). The van der Waals surface area contributed by atoms with E-state index in [2.05, 4.69) is 4.98 Å². The molecule has 18 heavy (non-hydrogen) atoms. The number of hydrogen-bond acceptors (Lipinski definition) is 3. The van der Waals surface area contributed by atoms with Gasteiger partial charge in [-0.3, -0.25) is 9.78 Å². The van der Waals surface area contributed by atoms with E-state index in [0.29, 0.717) is 19.8 Å². The number of amides is 1. The summed E-state index contributed by atoms with van der Waals surface area (Å²) in [5, 5.41) is 0. The summed E-state index contributed by atoms with van der Waals surface area (Å²) in [7, 11) is 0. The van der Waals surface area contributed by atoms with Crippen LogP contribution in [-0.2, 0) is 16.1 Å². The first-order valence-corrected chi connectivity index (χ1v) is 6.56.